The van der Waals surface area contributed by atoms with Gasteiger partial charge in [0.25, 0.3) is 0 Å². The summed E-state index contributed by atoms with van der Waals surface area (Å²) in [6.45, 7) is 2.25. The quantitative estimate of drug-likeness (QED) is 0.786. The first-order chi connectivity index (χ1) is 8.94. The summed E-state index contributed by atoms with van der Waals surface area (Å²) in [5.74, 6) is 0.308. The predicted octanol–water partition coefficient (Wildman–Crippen LogP) is 1.86. The fourth-order valence-corrected chi connectivity index (χ4v) is 3.71. The summed E-state index contributed by atoms with van der Waals surface area (Å²) in [4.78, 5) is 0.110. The average molecular weight is 351 g/mol. The van der Waals surface area contributed by atoms with Crippen LogP contribution in [0.4, 0.5) is 0 Å². The van der Waals surface area contributed by atoms with E-state index in [-0.39, 0.29) is 17.5 Å². The minimum absolute atomic E-state index is 0.110. The second-order valence-electron chi connectivity index (χ2n) is 4.14. The molecule has 1 rings (SSSR count). The fraction of sp³-hybridized carbons (Fsp3) is 0.500. The van der Waals surface area contributed by atoms with Crippen LogP contribution in [0.25, 0.3) is 0 Å². The first kappa shape index (κ1) is 16.4. The van der Waals surface area contributed by atoms with Gasteiger partial charge in [-0.1, -0.05) is 29.3 Å². The number of hydrogen-bond acceptors (Lipinski definition) is 4. The molecule has 108 valence electrons. The van der Waals surface area contributed by atoms with Crippen molar-refractivity contribution in [2.45, 2.75) is 30.7 Å². The summed E-state index contributed by atoms with van der Waals surface area (Å²) in [5.41, 5.74) is 5.58. The first-order valence-electron chi connectivity index (χ1n) is 6.00. The molecule has 0 aliphatic heterocycles. The van der Waals surface area contributed by atoms with Gasteiger partial charge in [-0.05, 0) is 24.6 Å². The van der Waals surface area contributed by atoms with E-state index in [1.54, 1.807) is 12.1 Å². The minimum atomic E-state index is -3.64. The van der Waals surface area contributed by atoms with Gasteiger partial charge in [-0.25, -0.2) is 13.1 Å². The molecular formula is C12H19BrN2O3S. The minimum Gasteiger partial charge on any atom is -0.495 e. The van der Waals surface area contributed by atoms with Gasteiger partial charge < -0.3 is 10.5 Å². The predicted molar refractivity (Wildman–Crippen MR) is 78.8 cm³/mol. The number of benzene rings is 1. The Balaban J connectivity index is 3.09. The van der Waals surface area contributed by atoms with Crippen LogP contribution in [0.1, 0.15) is 19.8 Å². The third-order valence-corrected chi connectivity index (χ3v) is 4.69. The van der Waals surface area contributed by atoms with Crippen LogP contribution in [0.2, 0.25) is 0 Å². The van der Waals surface area contributed by atoms with Crippen molar-refractivity contribution < 1.29 is 13.2 Å². The van der Waals surface area contributed by atoms with E-state index in [4.69, 9.17) is 10.5 Å². The van der Waals surface area contributed by atoms with E-state index in [1.165, 1.54) is 13.2 Å². The number of nitrogens with one attached hydrogen (secondary N) is 1. The smallest absolute Gasteiger partial charge is 0.244 e. The van der Waals surface area contributed by atoms with E-state index in [9.17, 15) is 8.42 Å². The lowest BCUT2D eigenvalue weighted by molar-refractivity contribution is 0.401. The highest BCUT2D eigenvalue weighted by atomic mass is 79.9. The number of sulfonamides is 1. The molecule has 0 spiro atoms. The average Bonchev–Trinajstić information content (AvgIpc) is 2.38. The molecule has 1 aromatic carbocycles. The number of halogens is 1. The molecule has 19 heavy (non-hydrogen) atoms. The molecule has 0 aromatic heterocycles. The molecule has 7 heteroatoms. The second-order valence-corrected chi connectivity index (χ2v) is 6.74. The van der Waals surface area contributed by atoms with Gasteiger partial charge in [-0.2, -0.15) is 0 Å². The van der Waals surface area contributed by atoms with E-state index in [1.807, 2.05) is 6.92 Å². The zero-order chi connectivity index (χ0) is 14.5. The molecule has 0 bridgehead atoms. The normalized spacial score (nSPS) is 13.3. The van der Waals surface area contributed by atoms with Crippen LogP contribution >= 0.6 is 15.9 Å². The van der Waals surface area contributed by atoms with Crippen molar-refractivity contribution in [1.29, 1.82) is 0 Å². The van der Waals surface area contributed by atoms with Gasteiger partial charge in [0.05, 0.1) is 7.11 Å². The van der Waals surface area contributed by atoms with Gasteiger partial charge >= 0.3 is 0 Å². The van der Waals surface area contributed by atoms with Crippen LogP contribution in [-0.2, 0) is 10.0 Å². The number of rotatable bonds is 7. The van der Waals surface area contributed by atoms with Gasteiger partial charge in [0.15, 0.2) is 0 Å². The number of methoxy groups -OCH3 is 1. The van der Waals surface area contributed by atoms with Crippen molar-refractivity contribution >= 4 is 26.0 Å². The molecule has 1 unspecified atom stereocenters. The highest BCUT2D eigenvalue weighted by Gasteiger charge is 2.22. The van der Waals surface area contributed by atoms with Crippen molar-refractivity contribution in [2.75, 3.05) is 13.7 Å². The van der Waals surface area contributed by atoms with Gasteiger partial charge in [-0.15, -0.1) is 0 Å². The van der Waals surface area contributed by atoms with Gasteiger partial charge in [-0.3, -0.25) is 0 Å². The molecule has 0 aliphatic carbocycles. The van der Waals surface area contributed by atoms with Crippen LogP contribution in [0, 0.1) is 0 Å². The van der Waals surface area contributed by atoms with Crippen molar-refractivity contribution in [1.82, 2.24) is 4.72 Å². The summed E-state index contributed by atoms with van der Waals surface area (Å²) >= 11 is 3.26. The van der Waals surface area contributed by atoms with Gasteiger partial charge in [0, 0.05) is 17.1 Å². The lowest BCUT2D eigenvalue weighted by Gasteiger charge is -2.17. The summed E-state index contributed by atoms with van der Waals surface area (Å²) in [6.07, 6.45) is 1.56. The van der Waals surface area contributed by atoms with E-state index in [0.29, 0.717) is 16.6 Å². The second kappa shape index (κ2) is 7.23. The Morgan fingerprint density at radius 2 is 2.16 bits per heavy atom. The number of ether oxygens (including phenoxy) is 1. The summed E-state index contributed by atoms with van der Waals surface area (Å²) < 4.78 is 33.1. The largest absolute Gasteiger partial charge is 0.495 e. The molecule has 0 saturated carbocycles. The molecule has 3 N–H and O–H groups in total. The third kappa shape index (κ3) is 4.45. The highest BCUT2D eigenvalue weighted by Crippen LogP contribution is 2.27. The van der Waals surface area contributed by atoms with Crippen molar-refractivity contribution in [3.8, 4) is 5.75 Å². The Kier molecular flexibility index (Phi) is 6.25. The lowest BCUT2D eigenvalue weighted by Crippen LogP contribution is -2.40. The van der Waals surface area contributed by atoms with Crippen LogP contribution in [-0.4, -0.2) is 28.1 Å². The molecule has 0 amide bonds. The fourth-order valence-electron chi connectivity index (χ4n) is 1.72. The van der Waals surface area contributed by atoms with E-state index in [0.717, 1.165) is 6.42 Å². The van der Waals surface area contributed by atoms with Crippen LogP contribution in [0.5, 0.6) is 5.75 Å². The van der Waals surface area contributed by atoms with Crippen molar-refractivity contribution in [3.63, 3.8) is 0 Å². The number of nitrogens with two attached hydrogens (primary N) is 1. The SMILES string of the molecule is CCCC(CN)NS(=O)(=O)c1cc(Br)ccc1OC. The Hall–Kier alpha value is -0.630. The van der Waals surface area contributed by atoms with Crippen LogP contribution in [0.15, 0.2) is 27.6 Å². The van der Waals surface area contributed by atoms with E-state index in [2.05, 4.69) is 20.7 Å². The topological polar surface area (TPSA) is 81.4 Å². The molecule has 0 fully saturated rings. The lowest BCUT2D eigenvalue weighted by atomic mass is 10.2. The highest BCUT2D eigenvalue weighted by molar-refractivity contribution is 9.10. The molecule has 0 heterocycles. The van der Waals surface area contributed by atoms with Crippen molar-refractivity contribution in [2.24, 2.45) is 5.73 Å². The maximum Gasteiger partial charge on any atom is 0.244 e. The van der Waals surface area contributed by atoms with E-state index < -0.39 is 10.0 Å². The van der Waals surface area contributed by atoms with Crippen molar-refractivity contribution in [3.05, 3.63) is 22.7 Å². The molecule has 0 radical (unpaired) electrons. The monoisotopic (exact) mass is 350 g/mol. The summed E-state index contributed by atoms with van der Waals surface area (Å²) in [7, 11) is -2.20. The summed E-state index contributed by atoms with van der Waals surface area (Å²) in [6, 6.07) is 4.58. The Labute approximate surface area is 122 Å². The maximum atomic E-state index is 12.3. The molecule has 1 aromatic rings. The molecular weight excluding hydrogens is 332 g/mol. The van der Waals surface area contributed by atoms with Crippen LogP contribution < -0.4 is 15.2 Å². The third-order valence-electron chi connectivity index (χ3n) is 2.66. The zero-order valence-electron chi connectivity index (χ0n) is 11.0. The van der Waals surface area contributed by atoms with Crippen LogP contribution in [0.3, 0.4) is 0 Å². The molecule has 0 saturated heterocycles. The standard InChI is InChI=1S/C12H19BrN2O3S/c1-3-4-10(8-14)15-19(16,17)12-7-9(13)5-6-11(12)18-2/h5-7,10,15H,3-4,8,14H2,1-2H3. The Morgan fingerprint density at radius 3 is 2.68 bits per heavy atom. The summed E-state index contributed by atoms with van der Waals surface area (Å²) in [5, 5.41) is 0. The first-order valence-corrected chi connectivity index (χ1v) is 8.28. The molecule has 5 nitrogen and oxygen atoms in total. The zero-order valence-corrected chi connectivity index (χ0v) is 13.4. The number of hydrogen-bond donors (Lipinski definition) is 2. The maximum absolute atomic E-state index is 12.3. The molecule has 0 aliphatic rings. The Morgan fingerprint density at radius 1 is 1.47 bits per heavy atom. The van der Waals surface area contributed by atoms with Gasteiger partial charge in [0.1, 0.15) is 10.6 Å². The van der Waals surface area contributed by atoms with Gasteiger partial charge in [0.2, 0.25) is 10.0 Å². The van der Waals surface area contributed by atoms with E-state index >= 15 is 0 Å². The molecule has 1 atom stereocenters. The Bertz CT molecular complexity index is 520.